The van der Waals surface area contributed by atoms with E-state index < -0.39 is 4.92 Å². The molecule has 1 aromatic heterocycles. The third-order valence-corrected chi connectivity index (χ3v) is 7.55. The van der Waals surface area contributed by atoms with Crippen molar-refractivity contribution in [3.8, 4) is 5.75 Å². The number of hydrogen-bond acceptors (Lipinski definition) is 6. The lowest BCUT2D eigenvalue weighted by Gasteiger charge is -2.15. The molecule has 5 rings (SSSR count). The van der Waals surface area contributed by atoms with Crippen LogP contribution in [0.15, 0.2) is 88.9 Å². The van der Waals surface area contributed by atoms with E-state index >= 15 is 0 Å². The van der Waals surface area contributed by atoms with E-state index in [9.17, 15) is 14.9 Å². The minimum Gasteiger partial charge on any atom is -0.491 e. The molecule has 1 aliphatic rings. The van der Waals surface area contributed by atoms with Gasteiger partial charge >= 0.3 is 0 Å². The summed E-state index contributed by atoms with van der Waals surface area (Å²) < 4.78 is 5.87. The Hall–Kier alpha value is -4.37. The number of nitro benzene ring substituents is 1. The van der Waals surface area contributed by atoms with Crippen LogP contribution < -0.4 is 4.74 Å². The fourth-order valence-electron chi connectivity index (χ4n) is 4.23. The number of H-pyrrole nitrogens is 1. The number of thioether (sulfide) groups is 1. The summed E-state index contributed by atoms with van der Waals surface area (Å²) in [5.41, 5.74) is 3.59. The van der Waals surface area contributed by atoms with Crippen LogP contribution in [0, 0.1) is 10.1 Å². The van der Waals surface area contributed by atoms with E-state index in [1.54, 1.807) is 17.0 Å². The molecule has 1 N–H and O–H groups in total. The number of nitrogens with one attached hydrogen (secondary N) is 1. The summed E-state index contributed by atoms with van der Waals surface area (Å²) in [7, 11) is 0. The standard InChI is InChI=1S/C30H28N4O4S/c1-3-20(2)38-25-14-8-21(9-15-25)18-28-29(35)33(17-16-22-19-31-27-7-5-4-6-26(22)27)30(39-28)32-23-10-12-24(13-11-23)34(36)37/h4-15,18-20,31H,3,16-17H2,1-2H3/b28-18-,32-30?/t20-/m0/s1. The molecule has 4 aromatic rings. The van der Waals surface area contributed by atoms with Gasteiger partial charge in [0.25, 0.3) is 11.6 Å². The van der Waals surface area contributed by atoms with Crippen LogP contribution in [0.5, 0.6) is 5.75 Å². The zero-order valence-electron chi connectivity index (χ0n) is 21.7. The highest BCUT2D eigenvalue weighted by molar-refractivity contribution is 8.18. The van der Waals surface area contributed by atoms with Crippen LogP contribution in [0.4, 0.5) is 11.4 Å². The summed E-state index contributed by atoms with van der Waals surface area (Å²) in [6.07, 6.45) is 5.53. The number of aromatic nitrogens is 1. The summed E-state index contributed by atoms with van der Waals surface area (Å²) in [5, 5.41) is 12.7. The minimum absolute atomic E-state index is 0.00775. The number of non-ortho nitro benzene ring substituents is 1. The molecule has 8 nitrogen and oxygen atoms in total. The molecule has 2 heterocycles. The van der Waals surface area contributed by atoms with E-state index in [-0.39, 0.29) is 17.7 Å². The number of nitro groups is 1. The number of amidine groups is 1. The highest BCUT2D eigenvalue weighted by Gasteiger charge is 2.33. The van der Waals surface area contributed by atoms with E-state index in [0.717, 1.165) is 34.2 Å². The van der Waals surface area contributed by atoms with Gasteiger partial charge in [-0.3, -0.25) is 19.8 Å². The van der Waals surface area contributed by atoms with Gasteiger partial charge in [0.15, 0.2) is 5.17 Å². The second-order valence-electron chi connectivity index (χ2n) is 9.25. The number of nitrogens with zero attached hydrogens (tertiary/aromatic N) is 3. The Balaban J connectivity index is 1.41. The number of rotatable bonds is 9. The van der Waals surface area contributed by atoms with E-state index in [2.05, 4.69) is 18.0 Å². The number of aromatic amines is 1. The predicted octanol–water partition coefficient (Wildman–Crippen LogP) is 7.10. The predicted molar refractivity (Wildman–Crippen MR) is 156 cm³/mol. The largest absolute Gasteiger partial charge is 0.491 e. The Morgan fingerprint density at radius 1 is 1.10 bits per heavy atom. The van der Waals surface area contributed by atoms with Gasteiger partial charge in [-0.15, -0.1) is 0 Å². The fraction of sp³-hybridized carbons (Fsp3) is 0.200. The first-order valence-corrected chi connectivity index (χ1v) is 13.6. The van der Waals surface area contributed by atoms with Crippen molar-refractivity contribution in [1.29, 1.82) is 0 Å². The van der Waals surface area contributed by atoms with Crippen molar-refractivity contribution in [2.45, 2.75) is 32.8 Å². The summed E-state index contributed by atoms with van der Waals surface area (Å²) in [6.45, 7) is 4.55. The first-order valence-electron chi connectivity index (χ1n) is 12.8. The second kappa shape index (κ2) is 11.6. The number of benzene rings is 3. The lowest BCUT2D eigenvalue weighted by atomic mass is 10.1. The van der Waals surface area contributed by atoms with Gasteiger partial charge in [-0.25, -0.2) is 4.99 Å². The Morgan fingerprint density at radius 2 is 1.85 bits per heavy atom. The average molecular weight is 541 g/mol. The van der Waals surface area contributed by atoms with E-state index in [4.69, 9.17) is 9.73 Å². The minimum atomic E-state index is -0.446. The second-order valence-corrected chi connectivity index (χ2v) is 10.3. The molecular weight excluding hydrogens is 512 g/mol. The fourth-order valence-corrected chi connectivity index (χ4v) is 5.25. The zero-order chi connectivity index (χ0) is 27.4. The van der Waals surface area contributed by atoms with Crippen molar-refractivity contribution < 1.29 is 14.5 Å². The van der Waals surface area contributed by atoms with Crippen LogP contribution in [0.3, 0.4) is 0 Å². The van der Waals surface area contributed by atoms with Gasteiger partial charge in [0.2, 0.25) is 0 Å². The Bertz CT molecular complexity index is 1560. The number of amides is 1. The number of carbonyl (C=O) groups excluding carboxylic acids is 1. The molecule has 0 unspecified atom stereocenters. The van der Waals surface area contributed by atoms with E-state index in [1.807, 2.05) is 61.7 Å². The molecule has 1 aliphatic heterocycles. The van der Waals surface area contributed by atoms with Crippen molar-refractivity contribution in [1.82, 2.24) is 9.88 Å². The monoisotopic (exact) mass is 540 g/mol. The molecule has 1 fully saturated rings. The number of aliphatic imine (C=N–C) groups is 1. The van der Waals surface area contributed by atoms with Crippen molar-refractivity contribution in [3.05, 3.63) is 105 Å². The first kappa shape index (κ1) is 26.2. The molecule has 1 amide bonds. The van der Waals surface area contributed by atoms with Crippen molar-refractivity contribution in [2.24, 2.45) is 4.99 Å². The molecule has 1 atom stereocenters. The van der Waals surface area contributed by atoms with Gasteiger partial charge in [-0.05, 0) is 79.1 Å². The third kappa shape index (κ3) is 6.04. The summed E-state index contributed by atoms with van der Waals surface area (Å²) in [4.78, 5) is 34.4. The molecule has 9 heteroatoms. The lowest BCUT2D eigenvalue weighted by molar-refractivity contribution is -0.384. The van der Waals surface area contributed by atoms with Gasteiger partial charge in [0.05, 0.1) is 21.6 Å². The lowest BCUT2D eigenvalue weighted by Crippen LogP contribution is -2.31. The molecular formula is C30H28N4O4S. The molecule has 1 saturated heterocycles. The van der Waals surface area contributed by atoms with E-state index in [0.29, 0.717) is 28.7 Å². The Morgan fingerprint density at radius 3 is 2.56 bits per heavy atom. The van der Waals surface area contributed by atoms with Gasteiger partial charge in [0, 0.05) is 35.8 Å². The highest BCUT2D eigenvalue weighted by atomic mass is 32.2. The summed E-state index contributed by atoms with van der Waals surface area (Å²) >= 11 is 1.30. The number of carbonyl (C=O) groups is 1. The van der Waals surface area contributed by atoms with Crippen molar-refractivity contribution >= 4 is 51.2 Å². The summed E-state index contributed by atoms with van der Waals surface area (Å²) in [6, 6.07) is 21.7. The molecule has 0 saturated carbocycles. The summed E-state index contributed by atoms with van der Waals surface area (Å²) in [5.74, 6) is 0.665. The van der Waals surface area contributed by atoms with Crippen molar-refractivity contribution in [3.63, 3.8) is 0 Å². The van der Waals surface area contributed by atoms with E-state index in [1.165, 1.54) is 23.9 Å². The van der Waals surface area contributed by atoms with Crippen LogP contribution in [-0.2, 0) is 11.2 Å². The van der Waals surface area contributed by atoms with Crippen LogP contribution in [0.25, 0.3) is 17.0 Å². The molecule has 0 bridgehead atoms. The molecule has 0 spiro atoms. The van der Waals surface area contributed by atoms with Gasteiger partial charge in [0.1, 0.15) is 5.75 Å². The van der Waals surface area contributed by atoms with Crippen LogP contribution in [-0.4, -0.2) is 38.5 Å². The topological polar surface area (TPSA) is 101 Å². The van der Waals surface area contributed by atoms with Crippen molar-refractivity contribution in [2.75, 3.05) is 6.54 Å². The quantitative estimate of drug-likeness (QED) is 0.139. The van der Waals surface area contributed by atoms with Gasteiger partial charge in [-0.2, -0.15) is 0 Å². The average Bonchev–Trinajstić information content (AvgIpc) is 3.49. The highest BCUT2D eigenvalue weighted by Crippen LogP contribution is 2.35. The van der Waals surface area contributed by atoms with Crippen LogP contribution >= 0.6 is 11.8 Å². The van der Waals surface area contributed by atoms with Crippen LogP contribution in [0.1, 0.15) is 31.4 Å². The van der Waals surface area contributed by atoms with Crippen LogP contribution in [0.2, 0.25) is 0 Å². The maximum atomic E-state index is 13.6. The Kier molecular flexibility index (Phi) is 7.79. The molecule has 0 radical (unpaired) electrons. The first-order chi connectivity index (χ1) is 18.9. The molecule has 3 aromatic carbocycles. The number of hydrogen-bond donors (Lipinski definition) is 1. The third-order valence-electron chi connectivity index (χ3n) is 6.54. The molecule has 39 heavy (non-hydrogen) atoms. The zero-order valence-corrected chi connectivity index (χ0v) is 22.5. The SMILES string of the molecule is CC[C@H](C)Oc1ccc(/C=C2\SC(=Nc3ccc([N+](=O)[O-])cc3)N(CCc3c[nH]c4ccccc34)C2=O)cc1. The number of para-hydroxylation sites is 1. The Labute approximate surface area is 230 Å². The smallest absolute Gasteiger partial charge is 0.269 e. The number of fused-ring (bicyclic) bond motifs is 1. The van der Waals surface area contributed by atoms with Gasteiger partial charge < -0.3 is 9.72 Å². The molecule has 0 aliphatic carbocycles. The maximum Gasteiger partial charge on any atom is 0.269 e. The maximum absolute atomic E-state index is 13.6. The number of ether oxygens (including phenoxy) is 1. The molecule has 198 valence electrons. The normalized spacial score (nSPS) is 16.4. The van der Waals surface area contributed by atoms with Gasteiger partial charge in [-0.1, -0.05) is 37.3 Å².